The summed E-state index contributed by atoms with van der Waals surface area (Å²) in [5.41, 5.74) is 1.89. The number of halogens is 1. The van der Waals surface area contributed by atoms with Crippen molar-refractivity contribution in [2.75, 3.05) is 38.3 Å². The van der Waals surface area contributed by atoms with Gasteiger partial charge in [0.25, 0.3) is 5.91 Å². The van der Waals surface area contributed by atoms with Gasteiger partial charge in [0.05, 0.1) is 13.2 Å². The molecule has 1 amide bonds. The number of para-hydroxylation sites is 2. The molecule has 0 unspecified atom stereocenters. The van der Waals surface area contributed by atoms with E-state index >= 15 is 0 Å². The van der Waals surface area contributed by atoms with Crippen molar-refractivity contribution >= 4 is 11.6 Å². The van der Waals surface area contributed by atoms with Crippen LogP contribution in [-0.2, 0) is 11.3 Å². The second-order valence-electron chi connectivity index (χ2n) is 7.75. The molecule has 1 saturated heterocycles. The van der Waals surface area contributed by atoms with Crippen molar-refractivity contribution in [1.29, 1.82) is 0 Å². The number of rotatable bonds is 5. The molecule has 0 N–H and O–H groups in total. The molecule has 166 valence electrons. The summed E-state index contributed by atoms with van der Waals surface area (Å²) < 4.78 is 21.0. The van der Waals surface area contributed by atoms with E-state index in [1.807, 2.05) is 24.3 Å². The van der Waals surface area contributed by atoms with E-state index in [4.69, 9.17) is 4.74 Å². The third-order valence-corrected chi connectivity index (χ3v) is 5.49. The third-order valence-electron chi connectivity index (χ3n) is 5.49. The molecular formula is C24H25FN4O3. The Hall–Kier alpha value is -3.52. The van der Waals surface area contributed by atoms with Crippen molar-refractivity contribution < 1.29 is 13.9 Å². The summed E-state index contributed by atoms with van der Waals surface area (Å²) in [5.74, 6) is -1.00. The number of hydrogen-bond donors (Lipinski definition) is 0. The monoisotopic (exact) mass is 436 g/mol. The lowest BCUT2D eigenvalue weighted by Gasteiger charge is -2.31. The van der Waals surface area contributed by atoms with E-state index in [1.165, 1.54) is 21.7 Å². The van der Waals surface area contributed by atoms with Crippen LogP contribution in [0, 0.1) is 12.7 Å². The summed E-state index contributed by atoms with van der Waals surface area (Å²) in [4.78, 5) is 29.4. The molecule has 0 atom stereocenters. The first-order valence-corrected chi connectivity index (χ1v) is 10.5. The highest BCUT2D eigenvalue weighted by Crippen LogP contribution is 2.23. The molecule has 4 rings (SSSR count). The van der Waals surface area contributed by atoms with Gasteiger partial charge in [0, 0.05) is 44.1 Å². The Bertz CT molecular complexity index is 1190. The van der Waals surface area contributed by atoms with Crippen LogP contribution in [0.4, 0.5) is 10.1 Å². The zero-order chi connectivity index (χ0) is 22.7. The second-order valence-corrected chi connectivity index (χ2v) is 7.75. The predicted octanol–water partition coefficient (Wildman–Crippen LogP) is 2.79. The summed E-state index contributed by atoms with van der Waals surface area (Å²) in [6, 6.07) is 15.3. The van der Waals surface area contributed by atoms with Crippen molar-refractivity contribution in [2.45, 2.75) is 13.5 Å². The number of benzene rings is 2. The topological polar surface area (TPSA) is 67.7 Å². The average Bonchev–Trinajstić information content (AvgIpc) is 2.80. The lowest BCUT2D eigenvalue weighted by Crippen LogP contribution is -2.38. The number of anilines is 1. The molecule has 0 aliphatic carbocycles. The van der Waals surface area contributed by atoms with Gasteiger partial charge in [-0.05, 0) is 30.7 Å². The molecule has 8 heteroatoms. The van der Waals surface area contributed by atoms with Gasteiger partial charge in [-0.25, -0.2) is 9.07 Å². The number of carbonyl (C=O) groups is 1. The van der Waals surface area contributed by atoms with Crippen molar-refractivity contribution in [3.8, 4) is 5.69 Å². The largest absolute Gasteiger partial charge is 0.378 e. The van der Waals surface area contributed by atoms with Crippen LogP contribution in [-0.4, -0.2) is 53.9 Å². The van der Waals surface area contributed by atoms with Gasteiger partial charge in [-0.1, -0.05) is 30.3 Å². The molecule has 2 heterocycles. The maximum absolute atomic E-state index is 14.3. The Kier molecular flexibility index (Phi) is 6.32. The molecule has 32 heavy (non-hydrogen) atoms. The lowest BCUT2D eigenvalue weighted by molar-refractivity contribution is 0.0775. The van der Waals surface area contributed by atoms with Gasteiger partial charge in [-0.3, -0.25) is 9.59 Å². The molecule has 1 fully saturated rings. The van der Waals surface area contributed by atoms with Gasteiger partial charge < -0.3 is 14.5 Å². The van der Waals surface area contributed by atoms with Gasteiger partial charge in [0.15, 0.2) is 5.69 Å². The number of morpholine rings is 1. The van der Waals surface area contributed by atoms with Crippen LogP contribution in [0.1, 0.15) is 21.7 Å². The minimum Gasteiger partial charge on any atom is -0.378 e. The number of aromatic nitrogens is 2. The summed E-state index contributed by atoms with van der Waals surface area (Å²) in [5, 5.41) is 4.22. The number of ether oxygens (including phenoxy) is 1. The summed E-state index contributed by atoms with van der Waals surface area (Å²) in [7, 11) is 1.63. The van der Waals surface area contributed by atoms with Crippen molar-refractivity contribution in [1.82, 2.24) is 14.7 Å². The van der Waals surface area contributed by atoms with Crippen LogP contribution in [0.2, 0.25) is 0 Å². The Labute approximate surface area is 185 Å². The fourth-order valence-corrected chi connectivity index (χ4v) is 3.83. The molecule has 1 aliphatic rings. The first-order valence-electron chi connectivity index (χ1n) is 10.5. The van der Waals surface area contributed by atoms with Crippen LogP contribution < -0.4 is 10.3 Å². The number of nitrogens with zero attached hydrogens (tertiary/aromatic N) is 4. The zero-order valence-corrected chi connectivity index (χ0v) is 18.1. The van der Waals surface area contributed by atoms with Gasteiger partial charge in [-0.2, -0.15) is 5.10 Å². The van der Waals surface area contributed by atoms with Gasteiger partial charge in [0.1, 0.15) is 11.5 Å². The molecular weight excluding hydrogens is 411 g/mol. The summed E-state index contributed by atoms with van der Waals surface area (Å²) >= 11 is 0. The normalized spacial score (nSPS) is 13.8. The van der Waals surface area contributed by atoms with Crippen LogP contribution in [0.15, 0.2) is 59.4 Å². The SMILES string of the molecule is Cc1cc(=O)c(C(=O)N(C)Cc2ccccc2N2CCOCC2)nn1-c1ccccc1F. The van der Waals surface area contributed by atoms with Crippen molar-refractivity contribution in [3.63, 3.8) is 0 Å². The molecule has 7 nitrogen and oxygen atoms in total. The van der Waals surface area contributed by atoms with Crippen LogP contribution in [0.3, 0.4) is 0 Å². The van der Waals surface area contributed by atoms with Gasteiger partial charge >= 0.3 is 0 Å². The molecule has 2 aromatic carbocycles. The van der Waals surface area contributed by atoms with Gasteiger partial charge in [0.2, 0.25) is 5.43 Å². The minimum atomic E-state index is -0.517. The summed E-state index contributed by atoms with van der Waals surface area (Å²) in [6.45, 7) is 4.83. The Balaban J connectivity index is 1.62. The number of amides is 1. The maximum Gasteiger partial charge on any atom is 0.278 e. The molecule has 1 aromatic heterocycles. The molecule has 0 bridgehead atoms. The second kappa shape index (κ2) is 9.32. The number of carbonyl (C=O) groups excluding carboxylic acids is 1. The van der Waals surface area contributed by atoms with Gasteiger partial charge in [-0.15, -0.1) is 0 Å². The van der Waals surface area contributed by atoms with E-state index in [0.717, 1.165) is 24.3 Å². The van der Waals surface area contributed by atoms with Crippen molar-refractivity contribution in [3.05, 3.63) is 87.6 Å². The summed E-state index contributed by atoms with van der Waals surface area (Å²) in [6.07, 6.45) is 0. The number of hydrogen-bond acceptors (Lipinski definition) is 5. The van der Waals surface area contributed by atoms with Crippen LogP contribution >= 0.6 is 0 Å². The highest BCUT2D eigenvalue weighted by Gasteiger charge is 2.22. The Morgan fingerprint density at radius 1 is 1.09 bits per heavy atom. The maximum atomic E-state index is 14.3. The molecule has 0 spiro atoms. The van der Waals surface area contributed by atoms with E-state index < -0.39 is 17.2 Å². The molecule has 3 aromatic rings. The molecule has 0 radical (unpaired) electrons. The van der Waals surface area contributed by atoms with Crippen LogP contribution in [0.5, 0.6) is 0 Å². The van der Waals surface area contributed by atoms with E-state index in [2.05, 4.69) is 10.00 Å². The van der Waals surface area contributed by atoms with E-state index in [0.29, 0.717) is 25.5 Å². The highest BCUT2D eigenvalue weighted by molar-refractivity contribution is 5.92. The number of aryl methyl sites for hydroxylation is 1. The molecule has 0 saturated carbocycles. The first-order chi connectivity index (χ1) is 15.5. The molecule has 1 aliphatic heterocycles. The Morgan fingerprint density at radius 3 is 2.47 bits per heavy atom. The van der Waals surface area contributed by atoms with E-state index in [9.17, 15) is 14.0 Å². The fraction of sp³-hybridized carbons (Fsp3) is 0.292. The predicted molar refractivity (Wildman–Crippen MR) is 120 cm³/mol. The lowest BCUT2D eigenvalue weighted by atomic mass is 10.1. The fourth-order valence-electron chi connectivity index (χ4n) is 3.83. The van der Waals surface area contributed by atoms with Crippen molar-refractivity contribution in [2.24, 2.45) is 0 Å². The van der Waals surface area contributed by atoms with Crippen LogP contribution in [0.25, 0.3) is 5.69 Å². The highest BCUT2D eigenvalue weighted by atomic mass is 19.1. The third kappa shape index (κ3) is 4.40. The zero-order valence-electron chi connectivity index (χ0n) is 18.1. The average molecular weight is 436 g/mol. The van der Waals surface area contributed by atoms with E-state index in [-0.39, 0.29) is 11.4 Å². The first kappa shape index (κ1) is 21.7. The smallest absolute Gasteiger partial charge is 0.278 e. The quantitative estimate of drug-likeness (QED) is 0.615. The minimum absolute atomic E-state index is 0.180. The Morgan fingerprint density at radius 2 is 1.75 bits per heavy atom. The van der Waals surface area contributed by atoms with E-state index in [1.54, 1.807) is 32.2 Å². The standard InChI is InChI=1S/C24H25FN4O3/c1-17-15-22(30)23(26-29(17)21-10-6-4-8-19(21)25)24(31)27(2)16-18-7-3-5-9-20(18)28-11-13-32-14-12-28/h3-10,15H,11-14,16H2,1-2H3.